The minimum atomic E-state index is 0.198. The maximum absolute atomic E-state index is 5.25. The van der Waals surface area contributed by atoms with Gasteiger partial charge in [-0.2, -0.15) is 0 Å². The highest BCUT2D eigenvalue weighted by Crippen LogP contribution is 2.34. The zero-order valence-corrected chi connectivity index (χ0v) is 14.0. The molecule has 0 spiro atoms. The van der Waals surface area contributed by atoms with Crippen LogP contribution in [0.3, 0.4) is 0 Å². The van der Waals surface area contributed by atoms with Crippen LogP contribution < -0.4 is 10.1 Å². The smallest absolute Gasteiger partial charge is 0.133 e. The van der Waals surface area contributed by atoms with Crippen molar-refractivity contribution in [2.75, 3.05) is 14.2 Å². The molecule has 0 fully saturated rings. The average Bonchev–Trinajstić information content (AvgIpc) is 2.77. The van der Waals surface area contributed by atoms with Gasteiger partial charge in [-0.1, -0.05) is 6.07 Å². The van der Waals surface area contributed by atoms with E-state index in [4.69, 9.17) is 4.74 Å². The van der Waals surface area contributed by atoms with Gasteiger partial charge in [-0.05, 0) is 68.7 Å². The van der Waals surface area contributed by atoms with Crippen molar-refractivity contribution in [3.05, 3.63) is 49.0 Å². The minimum absolute atomic E-state index is 0.198. The molecule has 96 valence electrons. The fourth-order valence-electron chi connectivity index (χ4n) is 1.82. The quantitative estimate of drug-likeness (QED) is 0.824. The highest BCUT2D eigenvalue weighted by molar-refractivity contribution is 9.11. The van der Waals surface area contributed by atoms with Crippen LogP contribution in [0.1, 0.15) is 16.5 Å². The molecule has 0 bridgehead atoms. The lowest BCUT2D eigenvalue weighted by molar-refractivity contribution is 0.412. The second kappa shape index (κ2) is 6.19. The van der Waals surface area contributed by atoms with Crippen molar-refractivity contribution < 1.29 is 4.74 Å². The Bertz CT molecular complexity index is 542. The Morgan fingerprint density at radius 3 is 2.50 bits per heavy atom. The van der Waals surface area contributed by atoms with Crippen LogP contribution in [0, 0.1) is 0 Å². The van der Waals surface area contributed by atoms with E-state index in [1.165, 1.54) is 10.4 Å². The van der Waals surface area contributed by atoms with E-state index in [0.29, 0.717) is 0 Å². The van der Waals surface area contributed by atoms with Crippen molar-refractivity contribution in [1.82, 2.24) is 5.32 Å². The maximum atomic E-state index is 5.25. The van der Waals surface area contributed by atoms with Gasteiger partial charge >= 0.3 is 0 Å². The number of thiophene rings is 1. The molecule has 0 aliphatic heterocycles. The molecule has 2 rings (SSSR count). The van der Waals surface area contributed by atoms with Crippen LogP contribution in [0.15, 0.2) is 38.6 Å². The van der Waals surface area contributed by atoms with Crippen LogP contribution in [-0.4, -0.2) is 14.2 Å². The van der Waals surface area contributed by atoms with Crippen molar-refractivity contribution in [3.63, 3.8) is 0 Å². The summed E-state index contributed by atoms with van der Waals surface area (Å²) < 4.78 is 7.37. The number of rotatable bonds is 4. The molecule has 1 aromatic heterocycles. The number of nitrogens with one attached hydrogen (secondary N) is 1. The minimum Gasteiger partial charge on any atom is -0.496 e. The molecule has 1 heterocycles. The van der Waals surface area contributed by atoms with Gasteiger partial charge in [-0.3, -0.25) is 0 Å². The van der Waals surface area contributed by atoms with Gasteiger partial charge < -0.3 is 10.1 Å². The van der Waals surface area contributed by atoms with E-state index in [-0.39, 0.29) is 6.04 Å². The molecule has 1 atom stereocenters. The summed E-state index contributed by atoms with van der Waals surface area (Å²) in [7, 11) is 3.64. The summed E-state index contributed by atoms with van der Waals surface area (Å²) in [6, 6.07) is 10.6. The van der Waals surface area contributed by atoms with E-state index in [9.17, 15) is 0 Å². The van der Waals surface area contributed by atoms with Gasteiger partial charge in [0.05, 0.1) is 21.4 Å². The van der Waals surface area contributed by atoms with Gasteiger partial charge in [0.15, 0.2) is 0 Å². The van der Waals surface area contributed by atoms with Crippen LogP contribution in [0.4, 0.5) is 0 Å². The van der Waals surface area contributed by atoms with Crippen molar-refractivity contribution >= 4 is 43.2 Å². The lowest BCUT2D eigenvalue weighted by Crippen LogP contribution is -2.16. The molecule has 0 saturated heterocycles. The largest absolute Gasteiger partial charge is 0.496 e. The molecule has 18 heavy (non-hydrogen) atoms. The first kappa shape index (κ1) is 14.1. The van der Waals surface area contributed by atoms with E-state index < -0.39 is 0 Å². The molecular formula is C13H13Br2NOS. The molecule has 0 radical (unpaired) electrons. The summed E-state index contributed by atoms with van der Waals surface area (Å²) in [5.74, 6) is 0.848. The molecule has 0 amide bonds. The normalized spacial score (nSPS) is 12.4. The number of benzene rings is 1. The first-order valence-corrected chi connectivity index (χ1v) is 7.82. The molecule has 5 heteroatoms. The lowest BCUT2D eigenvalue weighted by atomic mass is 10.1. The second-order valence-corrected chi connectivity index (χ2v) is 7.11. The Kier molecular flexibility index (Phi) is 4.84. The van der Waals surface area contributed by atoms with Crippen LogP contribution in [0.5, 0.6) is 5.75 Å². The van der Waals surface area contributed by atoms with Crippen molar-refractivity contribution in [3.8, 4) is 5.75 Å². The molecule has 1 aromatic carbocycles. The Balaban J connectivity index is 2.36. The average molecular weight is 391 g/mol. The summed E-state index contributed by atoms with van der Waals surface area (Å²) in [6.45, 7) is 0. The monoisotopic (exact) mass is 389 g/mol. The molecule has 2 nitrogen and oxygen atoms in total. The Labute approximate surface area is 128 Å². The van der Waals surface area contributed by atoms with Crippen LogP contribution >= 0.6 is 43.2 Å². The zero-order chi connectivity index (χ0) is 13.1. The van der Waals surface area contributed by atoms with E-state index in [1.54, 1.807) is 18.4 Å². The second-order valence-electron chi connectivity index (χ2n) is 3.76. The first-order valence-electron chi connectivity index (χ1n) is 5.41. The lowest BCUT2D eigenvalue weighted by Gasteiger charge is -2.16. The van der Waals surface area contributed by atoms with Gasteiger partial charge in [0.25, 0.3) is 0 Å². The van der Waals surface area contributed by atoms with Crippen molar-refractivity contribution in [2.45, 2.75) is 6.04 Å². The third-order valence-electron chi connectivity index (χ3n) is 2.68. The highest BCUT2D eigenvalue weighted by Gasteiger charge is 2.15. The third kappa shape index (κ3) is 2.96. The van der Waals surface area contributed by atoms with E-state index in [2.05, 4.69) is 61.4 Å². The van der Waals surface area contributed by atoms with Crippen LogP contribution in [0.25, 0.3) is 0 Å². The number of methoxy groups -OCH3 is 1. The SMILES string of the molecule is CNC(c1ccc(OC)c(Br)c1)c1ccc(Br)s1. The Morgan fingerprint density at radius 1 is 1.22 bits per heavy atom. The Hall–Kier alpha value is -0.360. The van der Waals surface area contributed by atoms with Crippen molar-refractivity contribution in [2.24, 2.45) is 0 Å². The predicted octanol–water partition coefficient (Wildman–Crippen LogP) is 4.59. The van der Waals surface area contributed by atoms with E-state index in [0.717, 1.165) is 14.0 Å². The van der Waals surface area contributed by atoms with Gasteiger partial charge in [-0.25, -0.2) is 0 Å². The molecule has 1 unspecified atom stereocenters. The molecular weight excluding hydrogens is 378 g/mol. The standard InChI is InChI=1S/C13H13Br2NOS/c1-16-13(11-5-6-12(15)18-11)8-3-4-10(17-2)9(14)7-8/h3-7,13,16H,1-2H3. The van der Waals surface area contributed by atoms with E-state index in [1.807, 2.05) is 13.1 Å². The highest BCUT2D eigenvalue weighted by atomic mass is 79.9. The summed E-state index contributed by atoms with van der Waals surface area (Å²) in [6.07, 6.45) is 0. The molecule has 0 aliphatic rings. The van der Waals surface area contributed by atoms with E-state index >= 15 is 0 Å². The van der Waals surface area contributed by atoms with Crippen LogP contribution in [-0.2, 0) is 0 Å². The third-order valence-corrected chi connectivity index (χ3v) is 4.98. The summed E-state index contributed by atoms with van der Waals surface area (Å²) in [5.41, 5.74) is 1.21. The Morgan fingerprint density at radius 2 is 2.00 bits per heavy atom. The number of ether oxygens (including phenoxy) is 1. The number of halogens is 2. The van der Waals surface area contributed by atoms with Gasteiger partial charge in [0.2, 0.25) is 0 Å². The number of hydrogen-bond donors (Lipinski definition) is 1. The zero-order valence-electron chi connectivity index (χ0n) is 10.0. The first-order chi connectivity index (χ1) is 8.65. The van der Waals surface area contributed by atoms with Gasteiger partial charge in [0.1, 0.15) is 5.75 Å². The van der Waals surface area contributed by atoms with Gasteiger partial charge in [-0.15, -0.1) is 11.3 Å². The fraction of sp³-hybridized carbons (Fsp3) is 0.231. The maximum Gasteiger partial charge on any atom is 0.133 e. The van der Waals surface area contributed by atoms with Crippen molar-refractivity contribution in [1.29, 1.82) is 0 Å². The fourth-order valence-corrected chi connectivity index (χ4v) is 3.94. The summed E-state index contributed by atoms with van der Waals surface area (Å²) in [5, 5.41) is 3.34. The summed E-state index contributed by atoms with van der Waals surface area (Å²) in [4.78, 5) is 1.28. The molecule has 2 aromatic rings. The molecule has 1 N–H and O–H groups in total. The van der Waals surface area contributed by atoms with Crippen LogP contribution in [0.2, 0.25) is 0 Å². The number of hydrogen-bond acceptors (Lipinski definition) is 3. The summed E-state index contributed by atoms with van der Waals surface area (Å²) >= 11 is 8.76. The molecule has 0 aliphatic carbocycles. The predicted molar refractivity (Wildman–Crippen MR) is 83.6 cm³/mol. The molecule has 0 saturated carbocycles. The van der Waals surface area contributed by atoms with Gasteiger partial charge in [0, 0.05) is 4.88 Å². The topological polar surface area (TPSA) is 21.3 Å².